The first kappa shape index (κ1) is 14.0. The first-order valence-electron chi connectivity index (χ1n) is 7.25. The quantitative estimate of drug-likeness (QED) is 0.650. The van der Waals surface area contributed by atoms with Gasteiger partial charge in [0.1, 0.15) is 0 Å². The second-order valence-corrected chi connectivity index (χ2v) is 5.19. The van der Waals surface area contributed by atoms with Gasteiger partial charge in [-0.05, 0) is 38.3 Å². The van der Waals surface area contributed by atoms with Crippen molar-refractivity contribution in [1.82, 2.24) is 10.2 Å². The molecule has 2 nitrogen and oxygen atoms in total. The molecule has 1 aliphatic rings. The van der Waals surface area contributed by atoms with E-state index in [4.69, 9.17) is 0 Å². The van der Waals surface area contributed by atoms with Gasteiger partial charge in [-0.2, -0.15) is 0 Å². The van der Waals surface area contributed by atoms with Crippen molar-refractivity contribution in [2.75, 3.05) is 26.2 Å². The van der Waals surface area contributed by atoms with Gasteiger partial charge in [-0.3, -0.25) is 0 Å². The van der Waals surface area contributed by atoms with Crippen LogP contribution in [0.4, 0.5) is 0 Å². The fourth-order valence-electron chi connectivity index (χ4n) is 2.58. The van der Waals surface area contributed by atoms with E-state index in [9.17, 15) is 0 Å². The Bertz CT molecular complexity index is 160. The molecule has 2 heteroatoms. The summed E-state index contributed by atoms with van der Waals surface area (Å²) in [7, 11) is 0. The Morgan fingerprint density at radius 2 is 2.00 bits per heavy atom. The van der Waals surface area contributed by atoms with Crippen LogP contribution in [0.25, 0.3) is 0 Å². The van der Waals surface area contributed by atoms with Crippen LogP contribution < -0.4 is 5.32 Å². The monoisotopic (exact) mass is 226 g/mol. The Morgan fingerprint density at radius 3 is 2.44 bits per heavy atom. The van der Waals surface area contributed by atoms with E-state index in [0.717, 1.165) is 12.5 Å². The average molecular weight is 226 g/mol. The first-order valence-corrected chi connectivity index (χ1v) is 7.25. The summed E-state index contributed by atoms with van der Waals surface area (Å²) < 4.78 is 0. The standard InChI is InChI=1S/C14H30N2/c1-4-8-14(15-5-2)12-16(6-3)11-13-9-7-10-13/h13-15H,4-12H2,1-3H3. The Labute approximate surface area is 102 Å². The van der Waals surface area contributed by atoms with Gasteiger partial charge in [-0.1, -0.05) is 33.6 Å². The highest BCUT2D eigenvalue weighted by Gasteiger charge is 2.21. The second kappa shape index (κ2) is 8.08. The minimum Gasteiger partial charge on any atom is -0.313 e. The number of hydrogen-bond donors (Lipinski definition) is 1. The molecule has 0 aromatic rings. The van der Waals surface area contributed by atoms with Gasteiger partial charge in [0, 0.05) is 19.1 Å². The van der Waals surface area contributed by atoms with Crippen LogP contribution in [0.15, 0.2) is 0 Å². The molecule has 96 valence electrons. The maximum Gasteiger partial charge on any atom is 0.0194 e. The molecular weight excluding hydrogens is 196 g/mol. The van der Waals surface area contributed by atoms with Gasteiger partial charge in [-0.25, -0.2) is 0 Å². The predicted octanol–water partition coefficient (Wildman–Crippen LogP) is 2.89. The second-order valence-electron chi connectivity index (χ2n) is 5.19. The minimum atomic E-state index is 0.704. The van der Waals surface area contributed by atoms with Crippen LogP contribution in [0.2, 0.25) is 0 Å². The van der Waals surface area contributed by atoms with Crippen LogP contribution in [0.5, 0.6) is 0 Å². The van der Waals surface area contributed by atoms with Crippen LogP contribution in [0.3, 0.4) is 0 Å². The summed E-state index contributed by atoms with van der Waals surface area (Å²) in [6.07, 6.45) is 7.01. The zero-order valence-electron chi connectivity index (χ0n) is 11.5. The molecule has 0 heterocycles. The normalized spacial score (nSPS) is 18.8. The van der Waals surface area contributed by atoms with Crippen molar-refractivity contribution in [2.45, 2.75) is 58.9 Å². The van der Waals surface area contributed by atoms with E-state index >= 15 is 0 Å². The van der Waals surface area contributed by atoms with Gasteiger partial charge in [-0.15, -0.1) is 0 Å². The lowest BCUT2D eigenvalue weighted by atomic mass is 9.85. The zero-order chi connectivity index (χ0) is 11.8. The molecule has 1 atom stereocenters. The lowest BCUT2D eigenvalue weighted by Crippen LogP contribution is -2.43. The third kappa shape index (κ3) is 4.84. The van der Waals surface area contributed by atoms with Gasteiger partial charge in [0.25, 0.3) is 0 Å². The van der Waals surface area contributed by atoms with Crippen LogP contribution in [0, 0.1) is 5.92 Å². The first-order chi connectivity index (χ1) is 7.80. The van der Waals surface area contributed by atoms with Crippen molar-refractivity contribution in [3.63, 3.8) is 0 Å². The Kier molecular flexibility index (Phi) is 7.06. The third-order valence-corrected chi connectivity index (χ3v) is 3.80. The summed E-state index contributed by atoms with van der Waals surface area (Å²) in [5, 5.41) is 3.62. The molecule has 1 N–H and O–H groups in total. The number of nitrogens with one attached hydrogen (secondary N) is 1. The molecule has 0 saturated heterocycles. The van der Waals surface area contributed by atoms with E-state index in [-0.39, 0.29) is 0 Å². The molecule has 0 spiro atoms. The maximum absolute atomic E-state index is 3.62. The van der Waals surface area contributed by atoms with Crippen LogP contribution in [-0.4, -0.2) is 37.1 Å². The summed E-state index contributed by atoms with van der Waals surface area (Å²) in [6, 6.07) is 0.704. The molecule has 1 fully saturated rings. The van der Waals surface area contributed by atoms with Gasteiger partial charge < -0.3 is 10.2 Å². The summed E-state index contributed by atoms with van der Waals surface area (Å²) in [5.74, 6) is 1.00. The summed E-state index contributed by atoms with van der Waals surface area (Å²) in [4.78, 5) is 2.65. The predicted molar refractivity (Wildman–Crippen MR) is 71.8 cm³/mol. The van der Waals surface area contributed by atoms with Crippen molar-refractivity contribution in [1.29, 1.82) is 0 Å². The highest BCUT2D eigenvalue weighted by Crippen LogP contribution is 2.27. The molecule has 0 amide bonds. The number of nitrogens with zero attached hydrogens (tertiary/aromatic N) is 1. The van der Waals surface area contributed by atoms with Crippen LogP contribution >= 0.6 is 0 Å². The van der Waals surface area contributed by atoms with Crippen molar-refractivity contribution in [3.05, 3.63) is 0 Å². The summed E-state index contributed by atoms with van der Waals surface area (Å²) >= 11 is 0. The van der Waals surface area contributed by atoms with E-state index in [1.807, 2.05) is 0 Å². The lowest BCUT2D eigenvalue weighted by molar-refractivity contribution is 0.168. The molecule has 1 rings (SSSR count). The highest BCUT2D eigenvalue weighted by molar-refractivity contribution is 4.77. The number of likely N-dealkylation sites (N-methyl/N-ethyl adjacent to an activating group) is 2. The van der Waals surface area contributed by atoms with Gasteiger partial charge in [0.2, 0.25) is 0 Å². The smallest absolute Gasteiger partial charge is 0.0194 e. The van der Waals surface area contributed by atoms with E-state index < -0.39 is 0 Å². The van der Waals surface area contributed by atoms with Gasteiger partial charge in [0.15, 0.2) is 0 Å². The van der Waals surface area contributed by atoms with E-state index in [2.05, 4.69) is 31.0 Å². The Morgan fingerprint density at radius 1 is 1.25 bits per heavy atom. The molecule has 1 aliphatic carbocycles. The lowest BCUT2D eigenvalue weighted by Gasteiger charge is -2.34. The molecule has 0 bridgehead atoms. The Hall–Kier alpha value is -0.0800. The van der Waals surface area contributed by atoms with Crippen LogP contribution in [-0.2, 0) is 0 Å². The van der Waals surface area contributed by atoms with Crippen molar-refractivity contribution >= 4 is 0 Å². The molecule has 0 aromatic carbocycles. The number of rotatable bonds is 9. The maximum atomic E-state index is 3.62. The average Bonchev–Trinajstić information content (AvgIpc) is 2.22. The molecule has 1 unspecified atom stereocenters. The molecule has 0 aromatic heterocycles. The van der Waals surface area contributed by atoms with Crippen molar-refractivity contribution in [2.24, 2.45) is 5.92 Å². The molecule has 0 aliphatic heterocycles. The molecule has 0 radical (unpaired) electrons. The topological polar surface area (TPSA) is 15.3 Å². The van der Waals surface area contributed by atoms with E-state index in [1.165, 1.54) is 51.7 Å². The summed E-state index contributed by atoms with van der Waals surface area (Å²) in [5.41, 5.74) is 0. The minimum absolute atomic E-state index is 0.704. The number of hydrogen-bond acceptors (Lipinski definition) is 2. The van der Waals surface area contributed by atoms with E-state index in [1.54, 1.807) is 0 Å². The molecule has 1 saturated carbocycles. The Balaban J connectivity index is 2.26. The fraction of sp³-hybridized carbons (Fsp3) is 1.00. The fourth-order valence-corrected chi connectivity index (χ4v) is 2.58. The van der Waals surface area contributed by atoms with Crippen LogP contribution in [0.1, 0.15) is 52.9 Å². The highest BCUT2D eigenvalue weighted by atomic mass is 15.1. The largest absolute Gasteiger partial charge is 0.313 e. The zero-order valence-corrected chi connectivity index (χ0v) is 11.5. The molecular formula is C14H30N2. The molecule has 16 heavy (non-hydrogen) atoms. The van der Waals surface area contributed by atoms with Crippen molar-refractivity contribution < 1.29 is 0 Å². The SMILES string of the molecule is CCCC(CN(CC)CC1CCC1)NCC. The van der Waals surface area contributed by atoms with Gasteiger partial charge >= 0.3 is 0 Å². The van der Waals surface area contributed by atoms with Gasteiger partial charge in [0.05, 0.1) is 0 Å². The summed E-state index contributed by atoms with van der Waals surface area (Å²) in [6.45, 7) is 11.7. The van der Waals surface area contributed by atoms with E-state index in [0.29, 0.717) is 6.04 Å². The van der Waals surface area contributed by atoms with Crippen molar-refractivity contribution in [3.8, 4) is 0 Å². The third-order valence-electron chi connectivity index (χ3n) is 3.80.